The van der Waals surface area contributed by atoms with Crippen LogP contribution in [0.3, 0.4) is 0 Å². The van der Waals surface area contributed by atoms with Gasteiger partial charge in [-0.25, -0.2) is 0 Å². The lowest BCUT2D eigenvalue weighted by Crippen LogP contribution is -2.32. The summed E-state index contributed by atoms with van der Waals surface area (Å²) in [6.07, 6.45) is 2.32. The molecule has 0 N–H and O–H groups in total. The van der Waals surface area contributed by atoms with Crippen molar-refractivity contribution in [2.24, 2.45) is 10.8 Å². The third kappa shape index (κ3) is 12.1. The molecule has 0 amide bonds. The Morgan fingerprint density at radius 2 is 1.20 bits per heavy atom. The summed E-state index contributed by atoms with van der Waals surface area (Å²) in [5, 5.41) is 0. The monoisotopic (exact) mass is 302 g/mol. The molecule has 122 valence electrons. The van der Waals surface area contributed by atoms with Gasteiger partial charge in [-0.1, -0.05) is 55.4 Å². The Hall–Kier alpha value is 0.310. The molecule has 0 aliphatic carbocycles. The third-order valence-electron chi connectivity index (χ3n) is 3.12. The molecular weight excluding hydrogens is 264 g/mol. The molecule has 0 aliphatic rings. The van der Waals surface area contributed by atoms with Crippen LogP contribution in [0.4, 0.5) is 0 Å². The Morgan fingerprint density at radius 3 is 1.60 bits per heavy atom. The van der Waals surface area contributed by atoms with Gasteiger partial charge in [-0.3, -0.25) is 0 Å². The molecule has 0 rings (SSSR count). The van der Waals surface area contributed by atoms with Crippen molar-refractivity contribution in [3.05, 3.63) is 0 Å². The Bertz CT molecular complexity index is 249. The van der Waals surface area contributed by atoms with Crippen LogP contribution in [0.2, 0.25) is 0 Å². The van der Waals surface area contributed by atoms with E-state index in [9.17, 15) is 0 Å². The molecule has 1 nitrogen and oxygen atoms in total. The fraction of sp³-hybridized carbons (Fsp3) is 1.00. The van der Waals surface area contributed by atoms with E-state index in [1.165, 1.54) is 12.2 Å². The highest BCUT2D eigenvalue weighted by Crippen LogP contribution is 2.36. The summed E-state index contributed by atoms with van der Waals surface area (Å²) in [6, 6.07) is 0. The van der Waals surface area contributed by atoms with Gasteiger partial charge in [0.2, 0.25) is 0 Å². The topological polar surface area (TPSA) is 9.23 Å². The molecule has 2 heteroatoms. The fourth-order valence-electron chi connectivity index (χ4n) is 1.57. The van der Waals surface area contributed by atoms with Crippen LogP contribution in [0, 0.1) is 10.8 Å². The van der Waals surface area contributed by atoms with Crippen LogP contribution >= 0.6 is 11.8 Å². The second-order valence-corrected chi connectivity index (χ2v) is 11.4. The Balaban J connectivity index is 4.23. The van der Waals surface area contributed by atoms with Gasteiger partial charge >= 0.3 is 0 Å². The Morgan fingerprint density at radius 1 is 0.700 bits per heavy atom. The van der Waals surface area contributed by atoms with E-state index in [1.807, 2.05) is 0 Å². The molecule has 20 heavy (non-hydrogen) atoms. The molecule has 0 radical (unpaired) electrons. The van der Waals surface area contributed by atoms with Crippen molar-refractivity contribution < 1.29 is 4.74 Å². The van der Waals surface area contributed by atoms with E-state index in [1.54, 1.807) is 0 Å². The molecule has 0 saturated heterocycles. The van der Waals surface area contributed by atoms with E-state index in [0.717, 1.165) is 13.0 Å². The first-order valence-electron chi connectivity index (χ1n) is 7.90. The summed E-state index contributed by atoms with van der Waals surface area (Å²) in [5.41, 5.74) is 0.626. The summed E-state index contributed by atoms with van der Waals surface area (Å²) in [4.78, 5) is 0. The van der Waals surface area contributed by atoms with Gasteiger partial charge < -0.3 is 4.74 Å². The van der Waals surface area contributed by atoms with E-state index in [4.69, 9.17) is 4.74 Å². The lowest BCUT2D eigenvalue weighted by atomic mass is 9.94. The van der Waals surface area contributed by atoms with Crippen molar-refractivity contribution >= 4 is 11.8 Å². The van der Waals surface area contributed by atoms with E-state index < -0.39 is 0 Å². The van der Waals surface area contributed by atoms with Crippen molar-refractivity contribution in [1.29, 1.82) is 0 Å². The first kappa shape index (κ1) is 20.3. The van der Waals surface area contributed by atoms with Crippen LogP contribution in [0.5, 0.6) is 0 Å². The van der Waals surface area contributed by atoms with Gasteiger partial charge in [0.15, 0.2) is 0 Å². The van der Waals surface area contributed by atoms with Crippen LogP contribution in [-0.2, 0) is 4.74 Å². The van der Waals surface area contributed by atoms with Gasteiger partial charge in [0, 0.05) is 4.75 Å². The van der Waals surface area contributed by atoms with E-state index in [2.05, 4.69) is 81.0 Å². The molecule has 0 spiro atoms. The molecule has 0 atom stereocenters. The van der Waals surface area contributed by atoms with Crippen LogP contribution in [0.25, 0.3) is 0 Å². The van der Waals surface area contributed by atoms with Crippen molar-refractivity contribution in [2.45, 2.75) is 92.4 Å². The van der Waals surface area contributed by atoms with Crippen molar-refractivity contribution in [3.63, 3.8) is 0 Å². The molecule has 0 aromatic heterocycles. The minimum absolute atomic E-state index is 0.0210. The highest BCUT2D eigenvalue weighted by atomic mass is 32.2. The lowest BCUT2D eigenvalue weighted by Gasteiger charge is -2.34. The minimum atomic E-state index is -0.0210. The number of hydrogen-bond acceptors (Lipinski definition) is 2. The van der Waals surface area contributed by atoms with Crippen LogP contribution in [0.15, 0.2) is 0 Å². The normalized spacial score (nSPS) is 14.7. The van der Waals surface area contributed by atoms with Gasteiger partial charge in [0.1, 0.15) is 0 Å². The molecular formula is C18H38OS. The van der Waals surface area contributed by atoms with Gasteiger partial charge in [-0.15, -0.1) is 0 Å². The number of thioether (sulfide) groups is 1. The summed E-state index contributed by atoms with van der Waals surface area (Å²) in [6.45, 7) is 23.6. The van der Waals surface area contributed by atoms with Crippen molar-refractivity contribution in [3.8, 4) is 0 Å². The second-order valence-electron chi connectivity index (χ2n) is 9.72. The maximum Gasteiger partial charge on any atom is 0.0627 e. The molecule has 0 fully saturated rings. The summed E-state index contributed by atoms with van der Waals surface area (Å²) < 4.78 is 6.45. The third-order valence-corrected chi connectivity index (χ3v) is 5.12. The highest BCUT2D eigenvalue weighted by Gasteiger charge is 2.28. The molecule has 0 aliphatic heterocycles. The molecule has 0 saturated carbocycles. The van der Waals surface area contributed by atoms with E-state index >= 15 is 0 Å². The van der Waals surface area contributed by atoms with Gasteiger partial charge in [0.25, 0.3) is 0 Å². The molecule has 0 aromatic rings. The zero-order valence-electron chi connectivity index (χ0n) is 15.6. The first-order valence-corrected chi connectivity index (χ1v) is 8.89. The first-order chi connectivity index (χ1) is 8.62. The smallest absolute Gasteiger partial charge is 0.0627 e. The maximum absolute atomic E-state index is 6.13. The minimum Gasteiger partial charge on any atom is -0.375 e. The SMILES string of the molecule is CC(C)(C)COC(C)(C)CCC(C)(C)SCC(C)(C)C. The van der Waals surface area contributed by atoms with Crippen LogP contribution in [0.1, 0.15) is 82.1 Å². The molecule has 0 bridgehead atoms. The van der Waals surface area contributed by atoms with Gasteiger partial charge in [0.05, 0.1) is 12.2 Å². The zero-order chi connectivity index (χ0) is 16.2. The predicted octanol–water partition coefficient (Wildman–Crippen LogP) is 6.17. The van der Waals surface area contributed by atoms with Crippen molar-refractivity contribution in [1.82, 2.24) is 0 Å². The quantitative estimate of drug-likeness (QED) is 0.556. The molecule has 0 aromatic carbocycles. The van der Waals surface area contributed by atoms with Gasteiger partial charge in [-0.2, -0.15) is 11.8 Å². The number of ether oxygens (including phenoxy) is 1. The average Bonchev–Trinajstić information content (AvgIpc) is 2.20. The Kier molecular flexibility index (Phi) is 7.16. The maximum atomic E-state index is 6.13. The average molecular weight is 303 g/mol. The van der Waals surface area contributed by atoms with Crippen LogP contribution < -0.4 is 0 Å². The largest absolute Gasteiger partial charge is 0.375 e. The number of hydrogen-bond donors (Lipinski definition) is 0. The summed E-state index contributed by atoms with van der Waals surface area (Å²) >= 11 is 2.09. The van der Waals surface area contributed by atoms with Crippen LogP contribution in [-0.4, -0.2) is 22.7 Å². The fourth-order valence-corrected chi connectivity index (χ4v) is 2.64. The highest BCUT2D eigenvalue weighted by molar-refractivity contribution is 8.00. The van der Waals surface area contributed by atoms with E-state index in [-0.39, 0.29) is 11.0 Å². The standard InChI is InChI=1S/C18H38OS/c1-15(2,3)13-19-17(7,8)11-12-18(9,10)20-14-16(4,5)6/h11-14H2,1-10H3. The molecule has 0 heterocycles. The lowest BCUT2D eigenvalue weighted by molar-refractivity contribution is -0.0570. The Labute approximate surface area is 132 Å². The van der Waals surface area contributed by atoms with Crippen molar-refractivity contribution in [2.75, 3.05) is 12.4 Å². The summed E-state index contributed by atoms with van der Waals surface area (Å²) in [7, 11) is 0. The number of rotatable bonds is 7. The van der Waals surface area contributed by atoms with Gasteiger partial charge in [-0.05, 0) is 43.3 Å². The molecule has 0 unspecified atom stereocenters. The predicted molar refractivity (Wildman–Crippen MR) is 94.7 cm³/mol. The summed E-state index contributed by atoms with van der Waals surface area (Å²) in [5.74, 6) is 1.21. The second kappa shape index (κ2) is 7.05. The van der Waals surface area contributed by atoms with E-state index in [0.29, 0.717) is 10.2 Å². The zero-order valence-corrected chi connectivity index (χ0v) is 16.5.